The van der Waals surface area contributed by atoms with Crippen LogP contribution in [0.15, 0.2) is 36.4 Å². The number of nitrogens with one attached hydrogen (secondary N) is 1. The molecule has 1 heterocycles. The molecule has 0 atom stereocenters. The highest BCUT2D eigenvalue weighted by Gasteiger charge is 2.36. The molecule has 9 heteroatoms. The molecule has 1 N–H and O–H groups in total. The summed E-state index contributed by atoms with van der Waals surface area (Å²) in [5.74, 6) is -0.0929. The van der Waals surface area contributed by atoms with Gasteiger partial charge in [0.25, 0.3) is 11.6 Å². The number of nitrogens with zero attached hydrogens (tertiary/aromatic N) is 2. The van der Waals surface area contributed by atoms with Crippen LogP contribution in [0.3, 0.4) is 0 Å². The molecule has 1 aliphatic heterocycles. The topological polar surface area (TPSA) is 102 Å². The van der Waals surface area contributed by atoms with E-state index in [2.05, 4.69) is 5.32 Å². The molecule has 2 aromatic rings. The number of fused-ring (bicyclic) bond motifs is 1. The third-order valence-corrected chi connectivity index (χ3v) is 4.77. The fourth-order valence-corrected chi connectivity index (χ4v) is 3.12. The van der Waals surface area contributed by atoms with E-state index in [0.29, 0.717) is 17.1 Å². The lowest BCUT2D eigenvalue weighted by molar-refractivity contribution is -0.384. The van der Waals surface area contributed by atoms with Crippen LogP contribution in [0, 0.1) is 15.5 Å². The first kappa shape index (κ1) is 19.6. The van der Waals surface area contributed by atoms with Crippen LogP contribution in [-0.2, 0) is 4.79 Å². The lowest BCUT2D eigenvalue weighted by atomic mass is 9.93. The van der Waals surface area contributed by atoms with Crippen molar-refractivity contribution in [1.82, 2.24) is 0 Å². The Labute approximate surface area is 166 Å². The Morgan fingerprint density at radius 3 is 2.64 bits per heavy atom. The number of ether oxygens (including phenoxy) is 1. The second kappa shape index (κ2) is 7.12. The van der Waals surface area contributed by atoms with Gasteiger partial charge < -0.3 is 15.0 Å². The molecule has 28 heavy (non-hydrogen) atoms. The summed E-state index contributed by atoms with van der Waals surface area (Å²) in [4.78, 5) is 36.8. The van der Waals surface area contributed by atoms with E-state index in [1.807, 2.05) is 0 Å². The maximum atomic E-state index is 12.6. The number of hydrogen-bond acceptors (Lipinski definition) is 5. The molecule has 0 spiro atoms. The minimum Gasteiger partial charge on any atom is -0.490 e. The summed E-state index contributed by atoms with van der Waals surface area (Å²) in [6.45, 7) is 3.85. The number of benzene rings is 2. The van der Waals surface area contributed by atoms with Gasteiger partial charge in [0, 0.05) is 24.9 Å². The molecule has 0 saturated carbocycles. The summed E-state index contributed by atoms with van der Waals surface area (Å²) in [5, 5.41) is 13.5. The van der Waals surface area contributed by atoms with Gasteiger partial charge in [-0.25, -0.2) is 0 Å². The minimum atomic E-state index is -0.677. The second-order valence-electron chi connectivity index (χ2n) is 7.09. The van der Waals surface area contributed by atoms with Crippen LogP contribution < -0.4 is 15.0 Å². The number of carbonyl (C=O) groups excluding carboxylic acids is 2. The van der Waals surface area contributed by atoms with Crippen LogP contribution in [0.4, 0.5) is 17.1 Å². The Kier molecular flexibility index (Phi) is 4.99. The van der Waals surface area contributed by atoms with Gasteiger partial charge in [0.15, 0.2) is 0 Å². The maximum absolute atomic E-state index is 12.6. The quantitative estimate of drug-likeness (QED) is 0.618. The number of halogens is 1. The lowest BCUT2D eigenvalue weighted by Crippen LogP contribution is -2.39. The molecule has 0 bridgehead atoms. The Balaban J connectivity index is 1.87. The number of hydrogen-bond donors (Lipinski definition) is 1. The van der Waals surface area contributed by atoms with Crippen LogP contribution in [0.2, 0.25) is 5.02 Å². The van der Waals surface area contributed by atoms with E-state index in [1.165, 1.54) is 17.0 Å². The molecule has 0 radical (unpaired) electrons. The SMILES string of the molecule is CN1C(=O)C(C)(C)COc2ccc(NC(=O)c3ccc([N+](=O)[O-])cc3Cl)cc21. The van der Waals surface area contributed by atoms with E-state index < -0.39 is 16.2 Å². The summed E-state index contributed by atoms with van der Waals surface area (Å²) in [6.07, 6.45) is 0. The van der Waals surface area contributed by atoms with E-state index in [9.17, 15) is 19.7 Å². The monoisotopic (exact) mass is 403 g/mol. The molecular formula is C19H18ClN3O5. The van der Waals surface area contributed by atoms with Crippen LogP contribution in [0.25, 0.3) is 0 Å². The Morgan fingerprint density at radius 2 is 2.00 bits per heavy atom. The van der Waals surface area contributed by atoms with Crippen molar-refractivity contribution >= 4 is 40.5 Å². The van der Waals surface area contributed by atoms with Gasteiger partial charge in [0.05, 0.1) is 26.6 Å². The molecule has 0 aliphatic carbocycles. The highest BCUT2D eigenvalue weighted by Crippen LogP contribution is 2.37. The van der Waals surface area contributed by atoms with Crippen molar-refractivity contribution in [2.45, 2.75) is 13.8 Å². The number of nitro groups is 1. The number of rotatable bonds is 3. The van der Waals surface area contributed by atoms with Gasteiger partial charge in [-0.1, -0.05) is 11.6 Å². The van der Waals surface area contributed by atoms with E-state index in [1.54, 1.807) is 39.1 Å². The summed E-state index contributed by atoms with van der Waals surface area (Å²) < 4.78 is 5.74. The minimum absolute atomic E-state index is 0.0289. The van der Waals surface area contributed by atoms with Crippen LogP contribution in [0.5, 0.6) is 5.75 Å². The highest BCUT2D eigenvalue weighted by atomic mass is 35.5. The molecule has 0 unspecified atom stereocenters. The smallest absolute Gasteiger partial charge is 0.270 e. The molecule has 146 valence electrons. The van der Waals surface area contributed by atoms with Gasteiger partial charge in [0.1, 0.15) is 12.4 Å². The summed E-state index contributed by atoms with van der Waals surface area (Å²) in [5.41, 5.74) is 0.184. The van der Waals surface area contributed by atoms with Crippen molar-refractivity contribution in [2.75, 3.05) is 23.9 Å². The van der Waals surface area contributed by atoms with Crippen molar-refractivity contribution in [3.05, 3.63) is 57.1 Å². The zero-order chi connectivity index (χ0) is 20.6. The third-order valence-electron chi connectivity index (χ3n) is 4.46. The van der Waals surface area contributed by atoms with Crippen LogP contribution in [0.1, 0.15) is 24.2 Å². The van der Waals surface area contributed by atoms with E-state index in [0.717, 1.165) is 6.07 Å². The number of carbonyl (C=O) groups is 2. The molecule has 1 aliphatic rings. The second-order valence-corrected chi connectivity index (χ2v) is 7.50. The predicted octanol–water partition coefficient (Wildman–Crippen LogP) is 3.88. The molecule has 3 rings (SSSR count). The summed E-state index contributed by atoms with van der Waals surface area (Å²) >= 11 is 6.01. The number of anilines is 2. The van der Waals surface area contributed by atoms with Gasteiger partial charge in [-0.15, -0.1) is 0 Å². The molecule has 2 amide bonds. The van der Waals surface area contributed by atoms with Gasteiger partial charge in [0.2, 0.25) is 5.91 Å². The van der Waals surface area contributed by atoms with Gasteiger partial charge in [-0.3, -0.25) is 19.7 Å². The first-order chi connectivity index (χ1) is 13.1. The average Bonchev–Trinajstić information content (AvgIpc) is 2.72. The van der Waals surface area contributed by atoms with Crippen molar-refractivity contribution in [3.8, 4) is 5.75 Å². The molecule has 0 saturated heterocycles. The fraction of sp³-hybridized carbons (Fsp3) is 0.263. The third kappa shape index (κ3) is 3.63. The number of nitro benzene ring substituents is 1. The molecular weight excluding hydrogens is 386 g/mol. The van der Waals surface area contributed by atoms with Crippen molar-refractivity contribution in [3.63, 3.8) is 0 Å². The van der Waals surface area contributed by atoms with Gasteiger partial charge in [-0.2, -0.15) is 0 Å². The Hall–Kier alpha value is -3.13. The first-order valence-corrected chi connectivity index (χ1v) is 8.78. The van der Waals surface area contributed by atoms with E-state index in [-0.39, 0.29) is 28.8 Å². The van der Waals surface area contributed by atoms with Crippen LogP contribution >= 0.6 is 11.6 Å². The molecule has 8 nitrogen and oxygen atoms in total. The fourth-order valence-electron chi connectivity index (χ4n) is 2.86. The highest BCUT2D eigenvalue weighted by molar-refractivity contribution is 6.34. The van der Waals surface area contributed by atoms with Gasteiger partial charge in [-0.05, 0) is 38.1 Å². The number of non-ortho nitro benzene ring substituents is 1. The Bertz CT molecular complexity index is 990. The van der Waals surface area contributed by atoms with Gasteiger partial charge >= 0.3 is 0 Å². The average molecular weight is 404 g/mol. The largest absolute Gasteiger partial charge is 0.490 e. The van der Waals surface area contributed by atoms with Crippen molar-refractivity contribution in [2.24, 2.45) is 5.41 Å². The standard InChI is InChI=1S/C19H18ClN3O5/c1-19(2)10-28-16-7-4-11(8-15(16)22(3)18(19)25)21-17(24)13-6-5-12(23(26)27)9-14(13)20/h4-9H,10H2,1-3H3,(H,21,24). The van der Waals surface area contributed by atoms with E-state index >= 15 is 0 Å². The number of amides is 2. The normalized spacial score (nSPS) is 15.3. The van der Waals surface area contributed by atoms with E-state index in [4.69, 9.17) is 16.3 Å². The molecule has 0 aromatic heterocycles. The Morgan fingerprint density at radius 1 is 1.29 bits per heavy atom. The summed E-state index contributed by atoms with van der Waals surface area (Å²) in [7, 11) is 1.65. The predicted molar refractivity (Wildman–Crippen MR) is 105 cm³/mol. The van der Waals surface area contributed by atoms with Crippen molar-refractivity contribution < 1.29 is 19.2 Å². The maximum Gasteiger partial charge on any atom is 0.270 e. The first-order valence-electron chi connectivity index (χ1n) is 8.40. The summed E-state index contributed by atoms with van der Waals surface area (Å²) in [6, 6.07) is 8.57. The lowest BCUT2D eigenvalue weighted by Gasteiger charge is -2.24. The zero-order valence-corrected chi connectivity index (χ0v) is 16.2. The molecule has 0 fully saturated rings. The zero-order valence-electron chi connectivity index (χ0n) is 15.5. The van der Waals surface area contributed by atoms with Crippen LogP contribution in [-0.4, -0.2) is 30.4 Å². The molecule has 2 aromatic carbocycles. The van der Waals surface area contributed by atoms with Crippen molar-refractivity contribution in [1.29, 1.82) is 0 Å².